The first-order chi connectivity index (χ1) is 12.0. The van der Waals surface area contributed by atoms with Gasteiger partial charge in [-0.05, 0) is 50.9 Å². The van der Waals surface area contributed by atoms with E-state index in [4.69, 9.17) is 0 Å². The average Bonchev–Trinajstić information content (AvgIpc) is 3.02. The van der Waals surface area contributed by atoms with Gasteiger partial charge >= 0.3 is 0 Å². The molecule has 140 valence electrons. The number of likely N-dealkylation sites (tertiary alicyclic amines) is 1. The number of piperazine rings is 1. The van der Waals surface area contributed by atoms with E-state index in [2.05, 4.69) is 42.7 Å². The summed E-state index contributed by atoms with van der Waals surface area (Å²) in [6.07, 6.45) is 4.08. The summed E-state index contributed by atoms with van der Waals surface area (Å²) in [6, 6.07) is 4.55. The highest BCUT2D eigenvalue weighted by atomic mass is 32.1. The number of hydrogen-bond acceptors (Lipinski definition) is 4. The molecule has 0 saturated carbocycles. The van der Waals surface area contributed by atoms with Crippen LogP contribution in [0, 0.1) is 5.92 Å². The first-order valence-electron chi connectivity index (χ1n) is 9.85. The fraction of sp³-hybridized carbons (Fsp3) is 0.750. The maximum absolute atomic E-state index is 12.6. The molecule has 4 nitrogen and oxygen atoms in total. The van der Waals surface area contributed by atoms with Crippen molar-refractivity contribution in [3.05, 3.63) is 21.9 Å². The van der Waals surface area contributed by atoms with Gasteiger partial charge in [0.05, 0.1) is 6.04 Å². The quantitative estimate of drug-likeness (QED) is 0.775. The fourth-order valence-electron chi connectivity index (χ4n) is 3.94. The third-order valence-electron chi connectivity index (χ3n) is 5.36. The fourth-order valence-corrected chi connectivity index (χ4v) is 5.03. The Bertz CT molecular complexity index is 565. The Morgan fingerprint density at radius 2 is 1.72 bits per heavy atom. The van der Waals surface area contributed by atoms with Gasteiger partial charge < -0.3 is 4.90 Å². The summed E-state index contributed by atoms with van der Waals surface area (Å²) < 4.78 is 0. The van der Waals surface area contributed by atoms with Crippen LogP contribution in [-0.4, -0.2) is 59.4 Å². The minimum absolute atomic E-state index is 0.000134. The maximum atomic E-state index is 12.6. The van der Waals surface area contributed by atoms with Gasteiger partial charge in [-0.3, -0.25) is 14.6 Å². The average molecular weight is 364 g/mol. The van der Waals surface area contributed by atoms with Gasteiger partial charge in [-0.1, -0.05) is 20.3 Å². The molecule has 0 bridgehead atoms. The van der Waals surface area contributed by atoms with Gasteiger partial charge in [0.15, 0.2) is 0 Å². The Labute approximate surface area is 156 Å². The van der Waals surface area contributed by atoms with Gasteiger partial charge in [0.25, 0.3) is 0 Å². The minimum Gasteiger partial charge on any atom is -0.340 e. The first-order valence-corrected chi connectivity index (χ1v) is 10.7. The molecule has 3 heterocycles. The number of carbonyl (C=O) groups is 1. The van der Waals surface area contributed by atoms with Crippen LogP contribution in [0.3, 0.4) is 0 Å². The third-order valence-corrected chi connectivity index (χ3v) is 6.42. The lowest BCUT2D eigenvalue weighted by atomic mass is 10.1. The molecule has 2 aliphatic rings. The molecule has 2 fully saturated rings. The molecule has 1 aromatic rings. The zero-order valence-corrected chi connectivity index (χ0v) is 16.9. The van der Waals surface area contributed by atoms with E-state index in [0.717, 1.165) is 32.7 Å². The molecule has 0 aliphatic carbocycles. The lowest BCUT2D eigenvalue weighted by Crippen LogP contribution is -2.55. The van der Waals surface area contributed by atoms with Crippen LogP contribution in [0.2, 0.25) is 0 Å². The summed E-state index contributed by atoms with van der Waals surface area (Å²) >= 11 is 1.93. The molecular weight excluding hydrogens is 330 g/mol. The van der Waals surface area contributed by atoms with Crippen molar-refractivity contribution in [1.82, 2.24) is 14.7 Å². The lowest BCUT2D eigenvalue weighted by Gasteiger charge is -2.39. The van der Waals surface area contributed by atoms with Crippen molar-refractivity contribution in [3.8, 4) is 0 Å². The highest BCUT2D eigenvalue weighted by molar-refractivity contribution is 7.11. The summed E-state index contributed by atoms with van der Waals surface area (Å²) in [6.45, 7) is 13.7. The summed E-state index contributed by atoms with van der Waals surface area (Å²) in [5.74, 6) is 0.836. The van der Waals surface area contributed by atoms with E-state index in [1.165, 1.54) is 42.1 Å². The van der Waals surface area contributed by atoms with Crippen LogP contribution in [0.25, 0.3) is 0 Å². The van der Waals surface area contributed by atoms with E-state index >= 15 is 0 Å². The number of nitrogens with zero attached hydrogens (tertiary/aromatic N) is 3. The largest absolute Gasteiger partial charge is 0.340 e. The monoisotopic (exact) mass is 363 g/mol. The van der Waals surface area contributed by atoms with E-state index in [0.29, 0.717) is 11.8 Å². The van der Waals surface area contributed by atoms with Gasteiger partial charge in [-0.2, -0.15) is 0 Å². The predicted octanol–water partition coefficient (Wildman–Crippen LogP) is 3.42. The van der Waals surface area contributed by atoms with Gasteiger partial charge in [-0.15, -0.1) is 11.3 Å². The minimum atomic E-state index is 0.000134. The zero-order chi connectivity index (χ0) is 17.8. The Morgan fingerprint density at radius 3 is 2.40 bits per heavy atom. The van der Waals surface area contributed by atoms with Gasteiger partial charge in [0, 0.05) is 42.5 Å². The second kappa shape index (κ2) is 8.65. The number of thiophene rings is 1. The molecule has 5 heteroatoms. The standard InChI is InChI=1S/C20H33N3OS/c1-16(2)13-23-12-11-22(17(3)20(23)24)15-19-8-7-18(25-19)14-21-9-5-4-6-10-21/h7-8,16-17H,4-6,9-15H2,1-3H3/t17-/m1/s1. The number of carbonyl (C=O) groups excluding carboxylic acids is 1. The van der Waals surface area contributed by atoms with Crippen molar-refractivity contribution in [2.45, 2.75) is 59.2 Å². The van der Waals surface area contributed by atoms with E-state index in [9.17, 15) is 4.79 Å². The van der Waals surface area contributed by atoms with E-state index in [-0.39, 0.29) is 6.04 Å². The normalized spacial score (nSPS) is 23.6. The molecule has 0 aromatic carbocycles. The smallest absolute Gasteiger partial charge is 0.239 e. The molecule has 0 spiro atoms. The van der Waals surface area contributed by atoms with Gasteiger partial charge in [0.2, 0.25) is 5.91 Å². The van der Waals surface area contributed by atoms with Crippen LogP contribution in [-0.2, 0) is 17.9 Å². The molecule has 0 unspecified atom stereocenters. The zero-order valence-electron chi connectivity index (χ0n) is 16.0. The highest BCUT2D eigenvalue weighted by Gasteiger charge is 2.31. The molecule has 1 atom stereocenters. The summed E-state index contributed by atoms with van der Waals surface area (Å²) in [4.78, 5) is 22.4. The first kappa shape index (κ1) is 18.9. The van der Waals surface area contributed by atoms with Crippen LogP contribution in [0.15, 0.2) is 12.1 Å². The van der Waals surface area contributed by atoms with Crippen LogP contribution in [0.5, 0.6) is 0 Å². The number of rotatable bonds is 6. The maximum Gasteiger partial charge on any atom is 0.239 e. The molecule has 25 heavy (non-hydrogen) atoms. The van der Waals surface area contributed by atoms with Crippen LogP contribution in [0.1, 0.15) is 49.8 Å². The molecule has 0 N–H and O–H groups in total. The molecule has 2 aliphatic heterocycles. The number of hydrogen-bond donors (Lipinski definition) is 0. The van der Waals surface area contributed by atoms with Crippen molar-refractivity contribution < 1.29 is 4.79 Å². The van der Waals surface area contributed by atoms with Crippen molar-refractivity contribution in [3.63, 3.8) is 0 Å². The topological polar surface area (TPSA) is 26.8 Å². The van der Waals surface area contributed by atoms with E-state index in [1.54, 1.807) is 0 Å². The molecular formula is C20H33N3OS. The van der Waals surface area contributed by atoms with Crippen LogP contribution < -0.4 is 0 Å². The summed E-state index contributed by atoms with van der Waals surface area (Å²) in [7, 11) is 0. The van der Waals surface area contributed by atoms with Crippen molar-refractivity contribution in [2.24, 2.45) is 5.92 Å². The molecule has 1 aromatic heterocycles. The molecule has 3 rings (SSSR count). The third kappa shape index (κ3) is 5.05. The van der Waals surface area contributed by atoms with Crippen LogP contribution in [0.4, 0.5) is 0 Å². The van der Waals surface area contributed by atoms with Gasteiger partial charge in [-0.25, -0.2) is 0 Å². The van der Waals surface area contributed by atoms with Crippen molar-refractivity contribution in [1.29, 1.82) is 0 Å². The molecule has 0 radical (unpaired) electrons. The highest BCUT2D eigenvalue weighted by Crippen LogP contribution is 2.24. The Morgan fingerprint density at radius 1 is 1.04 bits per heavy atom. The second-order valence-corrected chi connectivity index (χ2v) is 9.28. The van der Waals surface area contributed by atoms with Crippen molar-refractivity contribution in [2.75, 3.05) is 32.7 Å². The number of amides is 1. The molecule has 1 amide bonds. The molecule has 2 saturated heterocycles. The van der Waals surface area contributed by atoms with Crippen molar-refractivity contribution >= 4 is 17.2 Å². The van der Waals surface area contributed by atoms with Gasteiger partial charge in [0.1, 0.15) is 0 Å². The predicted molar refractivity (Wildman–Crippen MR) is 105 cm³/mol. The summed E-state index contributed by atoms with van der Waals surface area (Å²) in [5.41, 5.74) is 0. The number of piperidine rings is 1. The Hall–Kier alpha value is -0.910. The Kier molecular flexibility index (Phi) is 6.53. The second-order valence-electron chi connectivity index (χ2n) is 8.03. The Balaban J connectivity index is 1.53. The van der Waals surface area contributed by atoms with E-state index < -0.39 is 0 Å². The van der Waals surface area contributed by atoms with E-state index in [1.807, 2.05) is 16.2 Å². The summed E-state index contributed by atoms with van der Waals surface area (Å²) in [5, 5.41) is 0. The SMILES string of the molecule is CC(C)CN1CCN(Cc2ccc(CN3CCCCC3)s2)[C@H](C)C1=O. The lowest BCUT2D eigenvalue weighted by molar-refractivity contribution is -0.141. The van der Waals surface area contributed by atoms with Crippen LogP contribution >= 0.6 is 11.3 Å².